The molecule has 9 rings (SSSR count). The number of pyridine rings is 2. The van der Waals surface area contributed by atoms with Crippen LogP contribution in [0.3, 0.4) is 0 Å². The maximum atomic E-state index is 8.49. The number of fused-ring (bicyclic) bond motifs is 5. The molecule has 5 heteroatoms. The van der Waals surface area contributed by atoms with Gasteiger partial charge >= 0.3 is 0 Å². The Morgan fingerprint density at radius 2 is 1.36 bits per heavy atom. The number of hydrogen-bond donors (Lipinski definition) is 0. The van der Waals surface area contributed by atoms with Crippen molar-refractivity contribution in [1.29, 1.82) is 0 Å². The second kappa shape index (κ2) is 17.8. The smallest absolute Gasteiger partial charge is 0.128 e. The summed E-state index contributed by atoms with van der Waals surface area (Å²) >= 11 is 0. The van der Waals surface area contributed by atoms with E-state index in [1.807, 2.05) is 91.0 Å². The summed E-state index contributed by atoms with van der Waals surface area (Å²) in [7, 11) is -1.90. The molecule has 3 aromatic heterocycles. The standard InChI is InChI=1S/C35H34NOSi.C19H16N.Ir/c1-6-38(7-2,8-3)26-17-19-27(23(4)20-26)32-21-33(36-22-24(32)5)31-15-11-14-29-30-18-16-25-12-9-10-13-28(25)34(30)37-35(29)31;1-14-8-11-19(20-13-14)17-10-9-15(2)18(12-17)16-6-4-3-5-7-16;/h9-14,16-22H,6-8H2,1-5H3;3-9,11-13H,1-2H3;/q2*-1;/i4D3,5D3;1D3,2D3;. The second-order valence-electron chi connectivity index (χ2n) is 14.5. The second-order valence-corrected chi connectivity index (χ2v) is 19.8. The topological polar surface area (TPSA) is 38.9 Å². The maximum Gasteiger partial charge on any atom is 0.128 e. The third-order valence-electron chi connectivity index (χ3n) is 11.5. The molecule has 1 radical (unpaired) electrons. The van der Waals surface area contributed by atoms with Crippen LogP contribution in [0.1, 0.15) is 59.5 Å². The van der Waals surface area contributed by atoms with E-state index in [1.165, 1.54) is 24.5 Å². The summed E-state index contributed by atoms with van der Waals surface area (Å²) in [5, 5.41) is 5.01. The molecule has 297 valence electrons. The molecule has 0 unspecified atom stereocenters. The van der Waals surface area contributed by atoms with Gasteiger partial charge in [-0.2, -0.15) is 0 Å². The summed E-state index contributed by atoms with van der Waals surface area (Å²) in [6.45, 7) is -2.88. The Morgan fingerprint density at radius 1 is 0.593 bits per heavy atom. The molecule has 0 aliphatic heterocycles. The van der Waals surface area contributed by atoms with Crippen LogP contribution in [0, 0.1) is 39.5 Å². The number of aromatic nitrogens is 2. The van der Waals surface area contributed by atoms with Crippen LogP contribution < -0.4 is 5.19 Å². The van der Waals surface area contributed by atoms with Crippen molar-refractivity contribution >= 4 is 46.0 Å². The van der Waals surface area contributed by atoms with E-state index in [9.17, 15) is 0 Å². The van der Waals surface area contributed by atoms with E-state index >= 15 is 0 Å². The normalized spacial score (nSPS) is 15.2. The van der Waals surface area contributed by atoms with Crippen LogP contribution in [0.25, 0.3) is 77.5 Å². The number of nitrogens with zero attached hydrogens (tertiary/aromatic N) is 2. The van der Waals surface area contributed by atoms with Crippen molar-refractivity contribution in [2.24, 2.45) is 0 Å². The van der Waals surface area contributed by atoms with Crippen LogP contribution in [-0.4, -0.2) is 18.0 Å². The summed E-state index contributed by atoms with van der Waals surface area (Å²) in [5.74, 6) is 0. The molecule has 0 saturated heterocycles. The van der Waals surface area contributed by atoms with Crippen LogP contribution in [0.5, 0.6) is 0 Å². The molecule has 0 saturated carbocycles. The summed E-state index contributed by atoms with van der Waals surface area (Å²) in [5.41, 5.74) is 6.17. The Balaban J connectivity index is 0.000000235. The zero-order valence-corrected chi connectivity index (χ0v) is 36.4. The molecule has 3 heterocycles. The molecule has 6 aromatic carbocycles. The van der Waals surface area contributed by atoms with Crippen LogP contribution in [0.2, 0.25) is 18.1 Å². The molecule has 0 N–H and O–H groups in total. The monoisotopic (exact) mass is 975 g/mol. The van der Waals surface area contributed by atoms with Gasteiger partial charge in [-0.1, -0.05) is 171 Å². The minimum Gasteiger partial charge on any atom is -0.500 e. The fourth-order valence-corrected chi connectivity index (χ4v) is 11.6. The third-order valence-corrected chi connectivity index (χ3v) is 17.1. The van der Waals surface area contributed by atoms with Gasteiger partial charge in [0.15, 0.2) is 0 Å². The van der Waals surface area contributed by atoms with E-state index < -0.39 is 35.5 Å². The first-order valence-electron chi connectivity index (χ1n) is 25.6. The Bertz CT molecular complexity index is 3330. The van der Waals surface area contributed by atoms with Gasteiger partial charge in [-0.15, -0.1) is 47.5 Å². The molecule has 0 amide bonds. The minimum absolute atomic E-state index is 0. The minimum atomic E-state index is -2.51. The van der Waals surface area contributed by atoms with E-state index in [0.29, 0.717) is 44.8 Å². The van der Waals surface area contributed by atoms with Crippen molar-refractivity contribution < 1.29 is 41.0 Å². The van der Waals surface area contributed by atoms with Gasteiger partial charge in [0.2, 0.25) is 0 Å². The Kier molecular flexibility index (Phi) is 8.72. The van der Waals surface area contributed by atoms with Crippen molar-refractivity contribution in [3.05, 3.63) is 174 Å². The maximum absolute atomic E-state index is 8.49. The summed E-state index contributed by atoms with van der Waals surface area (Å²) in [6.07, 6.45) is 2.67. The Hall–Kier alpha value is -5.45. The number of furan rings is 1. The van der Waals surface area contributed by atoms with Crippen LogP contribution in [0.4, 0.5) is 0 Å². The molecule has 0 atom stereocenters. The summed E-state index contributed by atoms with van der Waals surface area (Å²) in [6, 6.07) is 48.1. The molecule has 0 bridgehead atoms. The van der Waals surface area contributed by atoms with Gasteiger partial charge in [0, 0.05) is 59.7 Å². The van der Waals surface area contributed by atoms with E-state index in [2.05, 4.69) is 48.9 Å². The van der Waals surface area contributed by atoms with Gasteiger partial charge in [0.05, 0.1) is 13.7 Å². The van der Waals surface area contributed by atoms with Crippen molar-refractivity contribution in [2.45, 2.75) is 66.3 Å². The SMILES string of the molecule is [2H]C([2H])([2H])c1ccc(-c2[c-]cc(C([2H])([2H])[2H])c(-c3ccccc3)c2)nc1.[2H]C([2H])([2H])c1cnc(-c2[c-]ccc3c2oc2c4ccccc4ccc32)cc1-c1ccc([Si](CC)(CC)CC)cc1C([2H])([2H])[2H].[Ir]. The fraction of sp³-hybridized carbons (Fsp3) is 0.185. The van der Waals surface area contributed by atoms with E-state index in [1.54, 1.807) is 18.2 Å². The molecule has 3 nitrogen and oxygen atoms in total. The zero-order chi connectivity index (χ0) is 50.4. The number of rotatable bonds is 8. The Morgan fingerprint density at radius 3 is 2.10 bits per heavy atom. The van der Waals surface area contributed by atoms with Crippen molar-refractivity contribution in [3.8, 4) is 44.8 Å². The molecular weight excluding hydrogens is 913 g/mol. The fourth-order valence-electron chi connectivity index (χ4n) is 8.00. The summed E-state index contributed by atoms with van der Waals surface area (Å²) in [4.78, 5) is 8.80. The average molecular weight is 975 g/mol. The molecule has 0 fully saturated rings. The molecule has 0 spiro atoms. The van der Waals surface area contributed by atoms with Crippen molar-refractivity contribution in [1.82, 2.24) is 9.97 Å². The molecule has 9 aromatic rings. The van der Waals surface area contributed by atoms with Crippen molar-refractivity contribution in [3.63, 3.8) is 0 Å². The Labute approximate surface area is 380 Å². The van der Waals surface area contributed by atoms with Gasteiger partial charge < -0.3 is 14.4 Å². The number of hydrogen-bond acceptors (Lipinski definition) is 3. The van der Waals surface area contributed by atoms with Gasteiger partial charge in [0.25, 0.3) is 0 Å². The van der Waals surface area contributed by atoms with E-state index in [-0.39, 0.29) is 42.4 Å². The molecule has 59 heavy (non-hydrogen) atoms. The van der Waals surface area contributed by atoms with Crippen LogP contribution in [0.15, 0.2) is 144 Å². The average Bonchev–Trinajstić information content (AvgIpc) is 3.73. The quantitative estimate of drug-likeness (QED) is 0.112. The first-order chi connectivity index (χ1) is 33.1. The van der Waals surface area contributed by atoms with Gasteiger partial charge in [-0.3, -0.25) is 0 Å². The van der Waals surface area contributed by atoms with Crippen molar-refractivity contribution in [2.75, 3.05) is 0 Å². The van der Waals surface area contributed by atoms with Gasteiger partial charge in [0.1, 0.15) is 5.58 Å². The zero-order valence-electron chi connectivity index (χ0n) is 45.0. The third kappa shape index (κ3) is 8.12. The van der Waals surface area contributed by atoms with Crippen LogP contribution >= 0.6 is 0 Å². The predicted molar refractivity (Wildman–Crippen MR) is 248 cm³/mol. The van der Waals surface area contributed by atoms with Gasteiger partial charge in [-0.25, -0.2) is 0 Å². The summed E-state index contributed by atoms with van der Waals surface area (Å²) < 4.78 is 102. The molecule has 0 aliphatic rings. The molecule has 0 aliphatic carbocycles. The van der Waals surface area contributed by atoms with E-state index in [0.717, 1.165) is 56.0 Å². The molecular formula is C54H50IrN2OSi-2. The number of benzene rings is 6. The van der Waals surface area contributed by atoms with Gasteiger partial charge in [-0.05, 0) is 70.7 Å². The van der Waals surface area contributed by atoms with E-state index in [4.69, 9.17) is 20.9 Å². The predicted octanol–water partition coefficient (Wildman–Crippen LogP) is 14.4. The van der Waals surface area contributed by atoms with Crippen LogP contribution in [-0.2, 0) is 20.1 Å². The number of aryl methyl sites for hydroxylation is 4. The first-order valence-corrected chi connectivity index (χ1v) is 22.2. The largest absolute Gasteiger partial charge is 0.500 e. The first kappa shape index (κ1) is 28.9.